The third-order valence-corrected chi connectivity index (χ3v) is 3.32. The zero-order chi connectivity index (χ0) is 16.5. The van der Waals surface area contributed by atoms with Crippen LogP contribution >= 0.6 is 0 Å². The van der Waals surface area contributed by atoms with Crippen molar-refractivity contribution < 1.29 is 9.53 Å². The molecule has 0 radical (unpaired) electrons. The molecular formula is C16H26N4O2. The van der Waals surface area contributed by atoms with E-state index in [-0.39, 0.29) is 12.0 Å². The van der Waals surface area contributed by atoms with Crippen molar-refractivity contribution in [1.29, 1.82) is 0 Å². The third kappa shape index (κ3) is 3.96. The van der Waals surface area contributed by atoms with Gasteiger partial charge in [-0.1, -0.05) is 27.7 Å². The van der Waals surface area contributed by atoms with Gasteiger partial charge in [0, 0.05) is 31.4 Å². The molecule has 1 aliphatic rings. The number of imidazole rings is 1. The molecule has 1 aliphatic heterocycles. The van der Waals surface area contributed by atoms with Gasteiger partial charge in [0.25, 0.3) is 0 Å². The lowest BCUT2D eigenvalue weighted by Crippen LogP contribution is -2.28. The lowest BCUT2D eigenvalue weighted by molar-refractivity contribution is 0.132. The first-order valence-electron chi connectivity index (χ1n) is 7.91. The molecule has 6 heteroatoms. The van der Waals surface area contributed by atoms with Crippen LogP contribution in [-0.2, 0) is 4.74 Å². The number of nitrogens with zero attached hydrogens (tertiary/aromatic N) is 4. The van der Waals surface area contributed by atoms with E-state index >= 15 is 0 Å². The van der Waals surface area contributed by atoms with Crippen LogP contribution < -0.4 is 0 Å². The van der Waals surface area contributed by atoms with E-state index in [9.17, 15) is 4.79 Å². The molecule has 0 aromatic carbocycles. The number of methoxy groups -OCH3 is 1. The fourth-order valence-corrected chi connectivity index (χ4v) is 2.34. The molecule has 1 amide bonds. The van der Waals surface area contributed by atoms with Crippen LogP contribution in [0.25, 0.3) is 5.65 Å². The van der Waals surface area contributed by atoms with E-state index < -0.39 is 0 Å². The Morgan fingerprint density at radius 1 is 1.27 bits per heavy atom. The Morgan fingerprint density at radius 2 is 2.00 bits per heavy atom. The molecule has 3 heterocycles. The Labute approximate surface area is 132 Å². The van der Waals surface area contributed by atoms with Crippen LogP contribution in [0.5, 0.6) is 0 Å². The number of rotatable bonds is 1. The minimum atomic E-state index is -0.263. The highest BCUT2D eigenvalue weighted by Gasteiger charge is 2.28. The maximum absolute atomic E-state index is 11.4. The zero-order valence-corrected chi connectivity index (χ0v) is 14.1. The van der Waals surface area contributed by atoms with Gasteiger partial charge in [0.05, 0.1) is 12.8 Å². The van der Waals surface area contributed by atoms with Gasteiger partial charge in [-0.3, -0.25) is 0 Å². The Hall–Kier alpha value is -2.11. The molecule has 1 unspecified atom stereocenters. The number of carbonyl (C=O) groups is 1. The number of hydrogen-bond acceptors (Lipinski definition) is 4. The lowest BCUT2D eigenvalue weighted by atomic mass is 10.1. The van der Waals surface area contributed by atoms with Gasteiger partial charge in [-0.25, -0.2) is 14.3 Å². The van der Waals surface area contributed by atoms with E-state index in [1.165, 1.54) is 7.11 Å². The summed E-state index contributed by atoms with van der Waals surface area (Å²) in [6.07, 6.45) is 4.21. The Bertz CT molecular complexity index is 582. The summed E-state index contributed by atoms with van der Waals surface area (Å²) in [5.74, 6) is 0.274. The molecule has 0 aliphatic carbocycles. The fraction of sp³-hybridized carbons (Fsp3) is 0.562. The van der Waals surface area contributed by atoms with Crippen LogP contribution in [-0.4, -0.2) is 45.8 Å². The molecule has 0 bridgehead atoms. The van der Waals surface area contributed by atoms with E-state index in [1.54, 1.807) is 15.6 Å². The average molecular weight is 306 g/mol. The molecule has 0 saturated carbocycles. The van der Waals surface area contributed by atoms with Crippen LogP contribution in [0, 0.1) is 0 Å². The highest BCUT2D eigenvalue weighted by atomic mass is 16.5. The highest BCUT2D eigenvalue weighted by Crippen LogP contribution is 2.26. The van der Waals surface area contributed by atoms with Crippen LogP contribution in [0.4, 0.5) is 4.79 Å². The van der Waals surface area contributed by atoms with Gasteiger partial charge in [0.1, 0.15) is 0 Å². The third-order valence-electron chi connectivity index (χ3n) is 3.32. The second kappa shape index (κ2) is 9.02. The van der Waals surface area contributed by atoms with E-state index in [1.807, 2.05) is 46.0 Å². The summed E-state index contributed by atoms with van der Waals surface area (Å²) in [5, 5.41) is 4.51. The summed E-state index contributed by atoms with van der Waals surface area (Å²) in [5.41, 5.74) is 1.83. The molecule has 2 aromatic rings. The molecular weight excluding hydrogens is 280 g/mol. The summed E-state index contributed by atoms with van der Waals surface area (Å²) in [4.78, 5) is 17.3. The summed E-state index contributed by atoms with van der Waals surface area (Å²) < 4.78 is 6.49. The average Bonchev–Trinajstić information content (AvgIpc) is 3.26. The molecule has 3 rings (SSSR count). The smallest absolute Gasteiger partial charge is 0.409 e. The maximum atomic E-state index is 11.4. The predicted molar refractivity (Wildman–Crippen MR) is 87.0 cm³/mol. The molecule has 6 nitrogen and oxygen atoms in total. The zero-order valence-electron chi connectivity index (χ0n) is 14.1. The molecule has 1 fully saturated rings. The Balaban J connectivity index is 0.000000561. The van der Waals surface area contributed by atoms with E-state index in [2.05, 4.69) is 10.1 Å². The largest absolute Gasteiger partial charge is 0.453 e. The van der Waals surface area contributed by atoms with Crippen LogP contribution in [0.3, 0.4) is 0 Å². The highest BCUT2D eigenvalue weighted by molar-refractivity contribution is 5.67. The molecule has 0 N–H and O–H groups in total. The number of carbonyl (C=O) groups excluding carboxylic acids is 1. The molecule has 2 aromatic heterocycles. The van der Waals surface area contributed by atoms with Crippen molar-refractivity contribution in [3.05, 3.63) is 30.2 Å². The van der Waals surface area contributed by atoms with Crippen molar-refractivity contribution in [2.45, 2.75) is 40.0 Å². The molecule has 22 heavy (non-hydrogen) atoms. The number of amides is 1. The standard InChI is InChI=1S/C12H14N4O2.2C2H6/c1-18-12(17)15-6-4-9(8-15)10-2-3-11-13-5-7-16(11)14-10;2*1-2/h2-3,5,7,9H,4,6,8H2,1H3;2*1-2H3. The van der Waals surface area contributed by atoms with Crippen molar-refractivity contribution in [2.24, 2.45) is 0 Å². The number of aromatic nitrogens is 3. The summed E-state index contributed by atoms with van der Waals surface area (Å²) in [6, 6.07) is 3.93. The van der Waals surface area contributed by atoms with Gasteiger partial charge in [-0.15, -0.1) is 0 Å². The van der Waals surface area contributed by atoms with Gasteiger partial charge >= 0.3 is 6.09 Å². The number of hydrogen-bond donors (Lipinski definition) is 0. The van der Waals surface area contributed by atoms with E-state index in [4.69, 9.17) is 4.74 Å². The molecule has 122 valence electrons. The monoisotopic (exact) mass is 306 g/mol. The lowest BCUT2D eigenvalue weighted by Gasteiger charge is -2.14. The van der Waals surface area contributed by atoms with Crippen LogP contribution in [0.2, 0.25) is 0 Å². The molecule has 1 atom stereocenters. The van der Waals surface area contributed by atoms with Crippen LogP contribution in [0.15, 0.2) is 24.5 Å². The first kappa shape index (κ1) is 17.9. The summed E-state index contributed by atoms with van der Waals surface area (Å²) in [7, 11) is 1.41. The van der Waals surface area contributed by atoms with Gasteiger partial charge in [-0.2, -0.15) is 5.10 Å². The van der Waals surface area contributed by atoms with Gasteiger partial charge in [-0.05, 0) is 18.6 Å². The fourth-order valence-electron chi connectivity index (χ4n) is 2.34. The van der Waals surface area contributed by atoms with Gasteiger partial charge in [0.15, 0.2) is 5.65 Å². The van der Waals surface area contributed by atoms with E-state index in [0.717, 1.165) is 24.3 Å². The topological polar surface area (TPSA) is 59.7 Å². The minimum absolute atomic E-state index is 0.263. The van der Waals surface area contributed by atoms with Crippen LogP contribution in [0.1, 0.15) is 45.7 Å². The molecule has 1 saturated heterocycles. The number of fused-ring (bicyclic) bond motifs is 1. The van der Waals surface area contributed by atoms with Crippen molar-refractivity contribution in [1.82, 2.24) is 19.5 Å². The van der Waals surface area contributed by atoms with Crippen molar-refractivity contribution in [3.63, 3.8) is 0 Å². The first-order valence-corrected chi connectivity index (χ1v) is 7.91. The Morgan fingerprint density at radius 3 is 2.68 bits per heavy atom. The summed E-state index contributed by atoms with van der Waals surface area (Å²) >= 11 is 0. The molecule has 0 spiro atoms. The quantitative estimate of drug-likeness (QED) is 0.810. The second-order valence-corrected chi connectivity index (χ2v) is 4.39. The predicted octanol–water partition coefficient (Wildman–Crippen LogP) is 3.34. The van der Waals surface area contributed by atoms with E-state index in [0.29, 0.717) is 6.54 Å². The number of ether oxygens (including phenoxy) is 1. The van der Waals surface area contributed by atoms with Crippen molar-refractivity contribution in [2.75, 3.05) is 20.2 Å². The SMILES string of the molecule is CC.CC.COC(=O)N1CCC(c2ccc3nccn3n2)C1. The maximum Gasteiger partial charge on any atom is 0.409 e. The second-order valence-electron chi connectivity index (χ2n) is 4.39. The van der Waals surface area contributed by atoms with Gasteiger partial charge in [0.2, 0.25) is 0 Å². The van der Waals surface area contributed by atoms with Crippen molar-refractivity contribution >= 4 is 11.7 Å². The van der Waals surface area contributed by atoms with Gasteiger partial charge < -0.3 is 9.64 Å². The Kier molecular flexibility index (Phi) is 7.36. The summed E-state index contributed by atoms with van der Waals surface area (Å²) in [6.45, 7) is 9.39. The minimum Gasteiger partial charge on any atom is -0.453 e. The number of likely N-dealkylation sites (tertiary alicyclic amines) is 1. The normalized spacial score (nSPS) is 16.4. The van der Waals surface area contributed by atoms with Crippen molar-refractivity contribution in [3.8, 4) is 0 Å². The first-order chi connectivity index (χ1) is 10.8.